The van der Waals surface area contributed by atoms with Gasteiger partial charge in [-0.25, -0.2) is 28.4 Å². The monoisotopic (exact) mass is 601 g/mol. The predicted molar refractivity (Wildman–Crippen MR) is 153 cm³/mol. The third-order valence-corrected chi connectivity index (χ3v) is 9.35. The third kappa shape index (κ3) is 4.54. The summed E-state index contributed by atoms with van der Waals surface area (Å²) in [6, 6.07) is 3.80. The number of ether oxygens (including phenoxy) is 1. The molecule has 0 saturated carbocycles. The van der Waals surface area contributed by atoms with Crippen LogP contribution < -0.4 is 10.5 Å². The number of anilines is 1. The lowest BCUT2D eigenvalue weighted by Gasteiger charge is -2.38. The van der Waals surface area contributed by atoms with Crippen LogP contribution in [0.15, 0.2) is 48.1 Å². The SMILES string of the molecule is COc1ncc(-c2ccc(-c3cnn4c(N)c(S(C)(=O)=O)c(C5C[C@H]6CC[C@@H](C5)N6C(=O)c5ncn[nH]5)nc34)cn2)cn1. The number of aromatic amines is 1. The fourth-order valence-corrected chi connectivity index (χ4v) is 7.38. The van der Waals surface area contributed by atoms with Crippen LogP contribution in [-0.2, 0) is 9.84 Å². The highest BCUT2D eigenvalue weighted by molar-refractivity contribution is 7.91. The van der Waals surface area contributed by atoms with Crippen LogP contribution in [0.4, 0.5) is 5.82 Å². The summed E-state index contributed by atoms with van der Waals surface area (Å²) in [5, 5.41) is 10.9. The number of hydrogen-bond acceptors (Lipinski definition) is 12. The first-order valence-corrected chi connectivity index (χ1v) is 15.5. The van der Waals surface area contributed by atoms with Crippen molar-refractivity contribution in [3.8, 4) is 28.4 Å². The molecule has 2 saturated heterocycles. The number of methoxy groups -OCH3 is 1. The Hall–Kier alpha value is -4.99. The van der Waals surface area contributed by atoms with Gasteiger partial charge in [0, 0.05) is 59.5 Å². The first kappa shape index (κ1) is 26.9. The second-order valence-electron chi connectivity index (χ2n) is 10.8. The number of nitrogens with zero attached hydrogens (tertiary/aromatic N) is 9. The molecule has 3 atom stereocenters. The molecule has 2 fully saturated rings. The van der Waals surface area contributed by atoms with Gasteiger partial charge in [-0.05, 0) is 31.7 Å². The van der Waals surface area contributed by atoms with E-state index in [9.17, 15) is 13.2 Å². The molecule has 2 aliphatic heterocycles. The molecule has 16 heteroatoms. The van der Waals surface area contributed by atoms with Crippen LogP contribution in [0.25, 0.3) is 28.0 Å². The number of nitrogens with two attached hydrogens (primary N) is 1. The van der Waals surface area contributed by atoms with Gasteiger partial charge in [0.25, 0.3) is 5.91 Å². The lowest BCUT2D eigenvalue weighted by molar-refractivity contribution is 0.0556. The number of nitrogens with one attached hydrogen (secondary N) is 1. The molecular weight excluding hydrogens is 574 g/mol. The van der Waals surface area contributed by atoms with Crippen LogP contribution in [0.1, 0.15) is 47.9 Å². The zero-order chi connectivity index (χ0) is 29.9. The molecule has 2 bridgehead atoms. The number of rotatable bonds is 6. The Balaban J connectivity index is 1.26. The van der Waals surface area contributed by atoms with Crippen molar-refractivity contribution in [2.24, 2.45) is 0 Å². The Morgan fingerprint density at radius 3 is 2.35 bits per heavy atom. The number of amides is 1. The Labute approximate surface area is 245 Å². The first-order valence-electron chi connectivity index (χ1n) is 13.6. The molecule has 5 aromatic rings. The highest BCUT2D eigenvalue weighted by atomic mass is 32.2. The number of H-pyrrole nitrogens is 1. The topological polar surface area (TPSA) is 200 Å². The number of carbonyl (C=O) groups excluding carboxylic acids is 1. The molecule has 220 valence electrons. The lowest BCUT2D eigenvalue weighted by atomic mass is 9.87. The molecule has 3 N–H and O–H groups in total. The maximum Gasteiger partial charge on any atom is 0.316 e. The Morgan fingerprint density at radius 2 is 1.74 bits per heavy atom. The van der Waals surface area contributed by atoms with Crippen LogP contribution in [-0.4, -0.2) is 89.4 Å². The first-order chi connectivity index (χ1) is 20.7. The fourth-order valence-electron chi connectivity index (χ4n) is 6.32. The molecule has 0 aromatic carbocycles. The molecule has 1 unspecified atom stereocenters. The van der Waals surface area contributed by atoms with E-state index in [1.54, 1.807) is 24.8 Å². The summed E-state index contributed by atoms with van der Waals surface area (Å²) in [7, 11) is -2.27. The van der Waals surface area contributed by atoms with Gasteiger partial charge in [-0.15, -0.1) is 0 Å². The quantitative estimate of drug-likeness (QED) is 0.287. The van der Waals surface area contributed by atoms with E-state index in [0.29, 0.717) is 35.4 Å². The molecular formula is C27H27N11O4S. The zero-order valence-electron chi connectivity index (χ0n) is 23.2. The van der Waals surface area contributed by atoms with Gasteiger partial charge in [0.15, 0.2) is 15.5 Å². The maximum atomic E-state index is 13.2. The number of carbonyl (C=O) groups is 1. The van der Waals surface area contributed by atoms with Crippen molar-refractivity contribution in [2.45, 2.75) is 48.6 Å². The molecule has 1 amide bonds. The number of aromatic nitrogens is 9. The van der Waals surface area contributed by atoms with E-state index in [0.717, 1.165) is 30.2 Å². The summed E-state index contributed by atoms with van der Waals surface area (Å²) < 4.78 is 32.5. The van der Waals surface area contributed by atoms with Crippen LogP contribution >= 0.6 is 0 Å². The Morgan fingerprint density at radius 1 is 1.02 bits per heavy atom. The Bertz CT molecular complexity index is 1930. The van der Waals surface area contributed by atoms with Gasteiger partial charge in [0.2, 0.25) is 5.82 Å². The van der Waals surface area contributed by atoms with Crippen LogP contribution in [0.2, 0.25) is 0 Å². The van der Waals surface area contributed by atoms with Crippen molar-refractivity contribution >= 4 is 27.2 Å². The van der Waals surface area contributed by atoms with Crippen molar-refractivity contribution in [3.05, 3.63) is 54.8 Å². The third-order valence-electron chi connectivity index (χ3n) is 8.19. The smallest absolute Gasteiger partial charge is 0.316 e. The molecule has 0 spiro atoms. The van der Waals surface area contributed by atoms with Gasteiger partial charge >= 0.3 is 6.01 Å². The Kier molecular flexibility index (Phi) is 6.30. The van der Waals surface area contributed by atoms with E-state index in [4.69, 9.17) is 15.5 Å². The van der Waals surface area contributed by atoms with Crippen molar-refractivity contribution < 1.29 is 17.9 Å². The van der Waals surface area contributed by atoms with Gasteiger partial charge in [-0.2, -0.15) is 14.7 Å². The van der Waals surface area contributed by atoms with Crippen molar-refractivity contribution in [1.82, 2.24) is 49.6 Å². The number of hydrogen-bond donors (Lipinski definition) is 2. The molecule has 7 heterocycles. The highest BCUT2D eigenvalue weighted by Gasteiger charge is 2.46. The predicted octanol–water partition coefficient (Wildman–Crippen LogP) is 1.91. The van der Waals surface area contributed by atoms with Crippen LogP contribution in [0.3, 0.4) is 0 Å². The number of fused-ring (bicyclic) bond motifs is 3. The molecule has 5 aromatic heterocycles. The van der Waals surface area contributed by atoms with E-state index in [-0.39, 0.29) is 46.5 Å². The van der Waals surface area contributed by atoms with Gasteiger partial charge in [-0.3, -0.25) is 14.9 Å². The summed E-state index contributed by atoms with van der Waals surface area (Å²) in [5.74, 6) is -0.239. The number of pyridine rings is 1. The minimum Gasteiger partial charge on any atom is -0.467 e. The van der Waals surface area contributed by atoms with Crippen LogP contribution in [0.5, 0.6) is 6.01 Å². The largest absolute Gasteiger partial charge is 0.467 e. The van der Waals surface area contributed by atoms with Crippen molar-refractivity contribution in [3.63, 3.8) is 0 Å². The molecule has 0 radical (unpaired) electrons. The van der Waals surface area contributed by atoms with E-state index < -0.39 is 9.84 Å². The average molecular weight is 602 g/mol. The van der Waals surface area contributed by atoms with E-state index in [1.807, 2.05) is 17.0 Å². The summed E-state index contributed by atoms with van der Waals surface area (Å²) in [4.78, 5) is 36.8. The number of nitrogen functional groups attached to an aromatic ring is 1. The molecule has 0 aliphatic carbocycles. The molecule has 15 nitrogen and oxygen atoms in total. The summed E-state index contributed by atoms with van der Waals surface area (Å²) in [5.41, 5.74) is 10.1. The molecule has 43 heavy (non-hydrogen) atoms. The lowest BCUT2D eigenvalue weighted by Crippen LogP contribution is -2.46. The second-order valence-corrected chi connectivity index (χ2v) is 12.7. The van der Waals surface area contributed by atoms with E-state index in [2.05, 4.69) is 35.2 Å². The maximum absolute atomic E-state index is 13.2. The van der Waals surface area contributed by atoms with Gasteiger partial charge < -0.3 is 15.4 Å². The minimum absolute atomic E-state index is 0.00113. The summed E-state index contributed by atoms with van der Waals surface area (Å²) in [6.45, 7) is 0. The standard InChI is InChI=1S/C27H27N11O4S/c1-42-27-30-10-16(11-31-27)20-6-3-14(9-29-20)19-12-34-38-23(28)22(43(2,40)41)21(35-25(19)38)15-7-17-4-5-18(8-15)37(17)26(39)24-32-13-33-36-24/h3,6,9-13,15,17-18H,4-5,7-8,28H2,1-2H3,(H,32,33,36)/t15?,17-,18+. The minimum atomic E-state index is -3.77. The van der Waals surface area contributed by atoms with E-state index >= 15 is 0 Å². The molecule has 2 aliphatic rings. The van der Waals surface area contributed by atoms with Gasteiger partial charge in [0.1, 0.15) is 17.0 Å². The van der Waals surface area contributed by atoms with Gasteiger partial charge in [0.05, 0.1) is 24.7 Å². The zero-order valence-corrected chi connectivity index (χ0v) is 24.1. The summed E-state index contributed by atoms with van der Waals surface area (Å²) >= 11 is 0. The fraction of sp³-hybridized carbons (Fsp3) is 0.333. The number of sulfone groups is 1. The highest BCUT2D eigenvalue weighted by Crippen LogP contribution is 2.45. The number of piperidine rings is 1. The van der Waals surface area contributed by atoms with Crippen molar-refractivity contribution in [1.29, 1.82) is 0 Å². The van der Waals surface area contributed by atoms with Gasteiger partial charge in [-0.1, -0.05) is 6.07 Å². The van der Waals surface area contributed by atoms with E-state index in [1.165, 1.54) is 18.0 Å². The average Bonchev–Trinajstić information content (AvgIpc) is 3.75. The molecule has 7 rings (SSSR count). The second kappa shape index (κ2) is 10.1. The van der Waals surface area contributed by atoms with Crippen LogP contribution in [0, 0.1) is 0 Å². The van der Waals surface area contributed by atoms with Crippen molar-refractivity contribution in [2.75, 3.05) is 19.1 Å². The summed E-state index contributed by atoms with van der Waals surface area (Å²) in [6.07, 6.45) is 11.7. The normalized spacial score (nSPS) is 20.0.